The van der Waals surface area contributed by atoms with E-state index in [1.54, 1.807) is 11.8 Å². The third kappa shape index (κ3) is 3.02. The minimum Gasteiger partial charge on any atom is -0.399 e. The van der Waals surface area contributed by atoms with Crippen molar-refractivity contribution in [1.29, 1.82) is 0 Å². The summed E-state index contributed by atoms with van der Waals surface area (Å²) in [4.78, 5) is 4.84. The van der Waals surface area contributed by atoms with E-state index < -0.39 is 0 Å². The summed E-state index contributed by atoms with van der Waals surface area (Å²) in [7, 11) is 0. The van der Waals surface area contributed by atoms with Gasteiger partial charge in [-0.2, -0.15) is 0 Å². The third-order valence-electron chi connectivity index (χ3n) is 4.00. The highest BCUT2D eigenvalue weighted by atomic mass is 32.2. The number of unbranched alkanes of at least 4 members (excludes halogenated alkanes) is 3. The van der Waals surface area contributed by atoms with Gasteiger partial charge in [0.25, 0.3) is 0 Å². The van der Waals surface area contributed by atoms with Crippen LogP contribution in [0.1, 0.15) is 32.6 Å². The van der Waals surface area contributed by atoms with Crippen LogP contribution >= 0.6 is 11.8 Å². The van der Waals surface area contributed by atoms with Gasteiger partial charge in [-0.1, -0.05) is 37.9 Å². The fraction of sp³-hybridized carbons (Fsp3) is 0.333. The summed E-state index contributed by atoms with van der Waals surface area (Å²) in [5.41, 5.74) is 16.1. The first-order valence-corrected chi connectivity index (χ1v) is 8.75. The van der Waals surface area contributed by atoms with Crippen LogP contribution in [-0.4, -0.2) is 6.54 Å². The molecule has 0 spiro atoms. The number of hydrogen-bond acceptors (Lipinski definition) is 4. The first-order chi connectivity index (χ1) is 10.7. The summed E-state index contributed by atoms with van der Waals surface area (Å²) in [6, 6.07) is 12.4. The van der Waals surface area contributed by atoms with E-state index in [1.807, 2.05) is 12.1 Å². The van der Waals surface area contributed by atoms with Crippen LogP contribution in [0.3, 0.4) is 0 Å². The predicted octanol–water partition coefficient (Wildman–Crippen LogP) is 5.03. The van der Waals surface area contributed by atoms with Crippen LogP contribution in [-0.2, 0) is 0 Å². The maximum atomic E-state index is 5.96. The highest BCUT2D eigenvalue weighted by Crippen LogP contribution is 2.49. The SMILES string of the molecule is CCCCCCN1c2ccc(N)cc2Sc2cc(N)ccc21. The van der Waals surface area contributed by atoms with Crippen molar-refractivity contribution < 1.29 is 0 Å². The first-order valence-electron chi connectivity index (χ1n) is 7.93. The van der Waals surface area contributed by atoms with Crippen molar-refractivity contribution in [2.24, 2.45) is 0 Å². The normalized spacial score (nSPS) is 12.9. The summed E-state index contributed by atoms with van der Waals surface area (Å²) >= 11 is 1.76. The zero-order valence-electron chi connectivity index (χ0n) is 13.0. The molecule has 0 bridgehead atoms. The fourth-order valence-electron chi connectivity index (χ4n) is 2.86. The number of nitrogen functional groups attached to an aromatic ring is 2. The Morgan fingerprint density at radius 1 is 0.864 bits per heavy atom. The van der Waals surface area contributed by atoms with Gasteiger partial charge < -0.3 is 16.4 Å². The summed E-state index contributed by atoms with van der Waals surface area (Å²) in [5, 5.41) is 0. The minimum atomic E-state index is 0.810. The molecule has 116 valence electrons. The minimum absolute atomic E-state index is 0.810. The Labute approximate surface area is 136 Å². The maximum absolute atomic E-state index is 5.96. The summed E-state index contributed by atoms with van der Waals surface area (Å²) in [6.45, 7) is 3.28. The van der Waals surface area contributed by atoms with Crippen LogP contribution in [0.15, 0.2) is 46.2 Å². The molecule has 2 aromatic carbocycles. The van der Waals surface area contributed by atoms with Gasteiger partial charge >= 0.3 is 0 Å². The van der Waals surface area contributed by atoms with E-state index in [-0.39, 0.29) is 0 Å². The van der Waals surface area contributed by atoms with Crippen molar-refractivity contribution in [3.05, 3.63) is 36.4 Å². The van der Waals surface area contributed by atoms with Crippen LogP contribution in [0.4, 0.5) is 22.7 Å². The Morgan fingerprint density at radius 3 is 2.00 bits per heavy atom. The van der Waals surface area contributed by atoms with Crippen LogP contribution in [0.2, 0.25) is 0 Å². The second kappa shape index (κ2) is 6.53. The van der Waals surface area contributed by atoms with Crippen LogP contribution in [0, 0.1) is 0 Å². The maximum Gasteiger partial charge on any atom is 0.0554 e. The number of rotatable bonds is 5. The average molecular weight is 313 g/mol. The number of nitrogens with two attached hydrogens (primary N) is 2. The molecule has 2 aromatic rings. The van der Waals surface area contributed by atoms with Gasteiger partial charge in [-0.05, 0) is 42.8 Å². The summed E-state index contributed by atoms with van der Waals surface area (Å²) in [5.74, 6) is 0. The highest BCUT2D eigenvalue weighted by molar-refractivity contribution is 7.99. The fourth-order valence-corrected chi connectivity index (χ4v) is 4.05. The molecule has 4 heteroatoms. The van der Waals surface area contributed by atoms with E-state index in [2.05, 4.69) is 36.1 Å². The third-order valence-corrected chi connectivity index (χ3v) is 5.10. The van der Waals surface area contributed by atoms with E-state index in [0.29, 0.717) is 0 Å². The van der Waals surface area contributed by atoms with Crippen LogP contribution in [0.5, 0.6) is 0 Å². The van der Waals surface area contributed by atoms with E-state index in [1.165, 1.54) is 46.8 Å². The van der Waals surface area contributed by atoms with E-state index in [0.717, 1.165) is 17.9 Å². The molecular weight excluding hydrogens is 290 g/mol. The molecule has 0 fully saturated rings. The second-order valence-corrected chi connectivity index (χ2v) is 6.85. The Bertz CT molecular complexity index is 618. The monoisotopic (exact) mass is 313 g/mol. The van der Waals surface area contributed by atoms with Gasteiger partial charge in [-0.3, -0.25) is 0 Å². The average Bonchev–Trinajstić information content (AvgIpc) is 2.50. The van der Waals surface area contributed by atoms with E-state index in [4.69, 9.17) is 11.5 Å². The predicted molar refractivity (Wildman–Crippen MR) is 97.0 cm³/mol. The second-order valence-electron chi connectivity index (χ2n) is 5.77. The topological polar surface area (TPSA) is 55.3 Å². The number of hydrogen-bond donors (Lipinski definition) is 2. The number of fused-ring (bicyclic) bond motifs is 2. The molecule has 3 nitrogen and oxygen atoms in total. The highest BCUT2D eigenvalue weighted by Gasteiger charge is 2.23. The quantitative estimate of drug-likeness (QED) is 0.600. The number of nitrogens with zero attached hydrogens (tertiary/aromatic N) is 1. The van der Waals surface area contributed by atoms with E-state index >= 15 is 0 Å². The van der Waals surface area contributed by atoms with Crippen LogP contribution < -0.4 is 16.4 Å². The Morgan fingerprint density at radius 2 is 1.45 bits per heavy atom. The zero-order valence-corrected chi connectivity index (χ0v) is 13.8. The molecule has 0 aromatic heterocycles. The molecule has 22 heavy (non-hydrogen) atoms. The van der Waals surface area contributed by atoms with Gasteiger partial charge in [0.2, 0.25) is 0 Å². The van der Waals surface area contributed by atoms with Gasteiger partial charge in [0.05, 0.1) is 11.4 Å². The largest absolute Gasteiger partial charge is 0.399 e. The molecule has 0 unspecified atom stereocenters. The lowest BCUT2D eigenvalue weighted by atomic mass is 10.1. The molecule has 0 saturated carbocycles. The lowest BCUT2D eigenvalue weighted by molar-refractivity contribution is 0.666. The Kier molecular flexibility index (Phi) is 4.48. The summed E-state index contributed by atoms with van der Waals surface area (Å²) < 4.78 is 0. The molecule has 0 aliphatic carbocycles. The van der Waals surface area contributed by atoms with Crippen molar-refractivity contribution in [2.75, 3.05) is 22.9 Å². The van der Waals surface area contributed by atoms with Crippen molar-refractivity contribution in [2.45, 2.75) is 42.4 Å². The summed E-state index contributed by atoms with van der Waals surface area (Å²) in [6.07, 6.45) is 5.03. The van der Waals surface area contributed by atoms with Gasteiger partial charge in [0.1, 0.15) is 0 Å². The molecule has 1 aliphatic rings. The molecule has 0 radical (unpaired) electrons. The van der Waals surface area contributed by atoms with Crippen molar-refractivity contribution >= 4 is 34.5 Å². The molecule has 1 aliphatic heterocycles. The number of anilines is 4. The molecule has 0 atom stereocenters. The van der Waals surface area contributed by atoms with Crippen molar-refractivity contribution in [1.82, 2.24) is 0 Å². The van der Waals surface area contributed by atoms with Gasteiger partial charge in [-0.25, -0.2) is 0 Å². The lowest BCUT2D eigenvalue weighted by Gasteiger charge is -2.33. The smallest absolute Gasteiger partial charge is 0.0554 e. The Balaban J connectivity index is 1.93. The van der Waals surface area contributed by atoms with Gasteiger partial charge in [-0.15, -0.1) is 0 Å². The van der Waals surface area contributed by atoms with Gasteiger partial charge in [0.15, 0.2) is 0 Å². The first kappa shape index (κ1) is 15.1. The molecular formula is C18H23N3S. The molecule has 1 heterocycles. The zero-order chi connectivity index (χ0) is 15.5. The van der Waals surface area contributed by atoms with Gasteiger partial charge in [0, 0.05) is 27.7 Å². The van der Waals surface area contributed by atoms with Crippen molar-refractivity contribution in [3.8, 4) is 0 Å². The molecule has 0 saturated heterocycles. The standard InChI is InChI=1S/C18H23N3S/c1-2-3-4-5-10-21-15-8-6-13(19)11-17(15)22-18-12-14(20)7-9-16(18)21/h6-9,11-12H,2-5,10,19-20H2,1H3. The number of benzene rings is 2. The molecule has 4 N–H and O–H groups in total. The lowest BCUT2D eigenvalue weighted by Crippen LogP contribution is -2.22. The molecule has 3 rings (SSSR count). The Hall–Kier alpha value is -1.81. The molecule has 0 amide bonds. The van der Waals surface area contributed by atoms with E-state index in [9.17, 15) is 0 Å². The van der Waals surface area contributed by atoms with Crippen molar-refractivity contribution in [3.63, 3.8) is 0 Å². The van der Waals surface area contributed by atoms with Crippen LogP contribution in [0.25, 0.3) is 0 Å².